The minimum atomic E-state index is -5.32. The van der Waals surface area contributed by atoms with Crippen LogP contribution in [0.5, 0.6) is 5.75 Å². The number of alkyl halides is 3. The zero-order valence-electron chi connectivity index (χ0n) is 16.5. The fourth-order valence-electron chi connectivity index (χ4n) is 3.33. The summed E-state index contributed by atoms with van der Waals surface area (Å²) in [6.07, 6.45) is -5.32. The smallest absolute Gasteiger partial charge is 0.437 e. The molecule has 1 heterocycles. The molecule has 1 fully saturated rings. The van der Waals surface area contributed by atoms with Crippen molar-refractivity contribution in [3.8, 4) is 5.75 Å². The lowest BCUT2D eigenvalue weighted by Gasteiger charge is -2.44. The Hall–Kier alpha value is -3.27. The van der Waals surface area contributed by atoms with E-state index < -0.39 is 35.9 Å². The molecule has 3 rings (SSSR count). The Bertz CT molecular complexity index is 921. The molecule has 0 bridgehead atoms. The molecule has 1 aliphatic heterocycles. The maximum absolute atomic E-state index is 13.6. The fraction of sp³-hybridized carbons (Fsp3) is 0.333. The van der Waals surface area contributed by atoms with Crippen LogP contribution in [0.2, 0.25) is 0 Å². The van der Waals surface area contributed by atoms with Gasteiger partial charge in [0.25, 0.3) is 5.72 Å². The molecule has 0 radical (unpaired) electrons. The summed E-state index contributed by atoms with van der Waals surface area (Å²) in [5, 5.41) is 14.0. The van der Waals surface area contributed by atoms with E-state index in [-0.39, 0.29) is 18.8 Å². The van der Waals surface area contributed by atoms with Gasteiger partial charge in [-0.15, -0.1) is 0 Å². The van der Waals surface area contributed by atoms with Gasteiger partial charge in [-0.05, 0) is 30.2 Å². The average Bonchev–Trinajstić information content (AvgIpc) is 2.72. The Morgan fingerprint density at radius 1 is 1.13 bits per heavy atom. The van der Waals surface area contributed by atoms with Gasteiger partial charge in [0.15, 0.2) is 0 Å². The summed E-state index contributed by atoms with van der Waals surface area (Å²) in [5.74, 6) is -3.03. The Morgan fingerprint density at radius 2 is 1.77 bits per heavy atom. The molecule has 1 aliphatic rings. The molecule has 2 amide bonds. The van der Waals surface area contributed by atoms with E-state index in [4.69, 9.17) is 9.47 Å². The van der Waals surface area contributed by atoms with Crippen molar-refractivity contribution in [2.45, 2.75) is 31.5 Å². The van der Waals surface area contributed by atoms with Crippen LogP contribution in [0.3, 0.4) is 0 Å². The number of esters is 1. The number of hydrogen-bond acceptors (Lipinski definition) is 5. The molecule has 0 spiro atoms. The van der Waals surface area contributed by atoms with Gasteiger partial charge in [0.05, 0.1) is 12.6 Å². The maximum Gasteiger partial charge on any atom is 0.437 e. The highest BCUT2D eigenvalue weighted by Crippen LogP contribution is 2.43. The largest absolute Gasteiger partial charge is 0.489 e. The van der Waals surface area contributed by atoms with Crippen molar-refractivity contribution < 1.29 is 37.3 Å². The standard InChI is InChI=1S/C21H21F3N2O5/c1-2-30-18(27)16-17(25-19(28)26-20(16,29)21(22,23)24)14-8-10-15(11-9-14)31-12-13-6-4-3-5-7-13/h3-11,16-17,29H,2,12H2,1H3,(H2,25,26,28). The summed E-state index contributed by atoms with van der Waals surface area (Å²) in [7, 11) is 0. The Labute approximate surface area is 176 Å². The first-order valence-electron chi connectivity index (χ1n) is 9.47. The van der Waals surface area contributed by atoms with Crippen LogP contribution in [0.4, 0.5) is 18.0 Å². The number of rotatable bonds is 6. The summed E-state index contributed by atoms with van der Waals surface area (Å²) < 4.78 is 51.3. The van der Waals surface area contributed by atoms with Crippen LogP contribution in [0, 0.1) is 5.92 Å². The predicted molar refractivity (Wildman–Crippen MR) is 103 cm³/mol. The second-order valence-electron chi connectivity index (χ2n) is 6.91. The van der Waals surface area contributed by atoms with Crippen LogP contribution in [-0.2, 0) is 16.1 Å². The molecule has 2 aromatic rings. The summed E-state index contributed by atoms with van der Waals surface area (Å²) >= 11 is 0. The van der Waals surface area contributed by atoms with Gasteiger partial charge in [-0.1, -0.05) is 42.5 Å². The van der Waals surface area contributed by atoms with Crippen molar-refractivity contribution in [2.24, 2.45) is 5.92 Å². The van der Waals surface area contributed by atoms with E-state index >= 15 is 0 Å². The Kier molecular flexibility index (Phi) is 6.40. The number of carbonyl (C=O) groups excluding carboxylic acids is 2. The third kappa shape index (κ3) is 4.74. The van der Waals surface area contributed by atoms with Crippen LogP contribution in [0.25, 0.3) is 0 Å². The number of carbonyl (C=O) groups is 2. The zero-order valence-corrected chi connectivity index (χ0v) is 16.5. The maximum atomic E-state index is 13.6. The summed E-state index contributed by atoms with van der Waals surface area (Å²) in [6.45, 7) is 1.51. The quantitative estimate of drug-likeness (QED) is 0.603. The van der Waals surface area contributed by atoms with Gasteiger partial charge in [0.2, 0.25) is 0 Å². The lowest BCUT2D eigenvalue weighted by atomic mass is 9.82. The molecule has 2 aromatic carbocycles. The fourth-order valence-corrected chi connectivity index (χ4v) is 3.33. The van der Waals surface area contributed by atoms with Gasteiger partial charge in [0, 0.05) is 0 Å². The van der Waals surface area contributed by atoms with Gasteiger partial charge in [0.1, 0.15) is 18.3 Å². The van der Waals surface area contributed by atoms with E-state index in [0.29, 0.717) is 5.75 Å². The van der Waals surface area contributed by atoms with E-state index in [9.17, 15) is 27.9 Å². The minimum Gasteiger partial charge on any atom is -0.489 e. The van der Waals surface area contributed by atoms with Crippen molar-refractivity contribution >= 4 is 12.0 Å². The lowest BCUT2D eigenvalue weighted by Crippen LogP contribution is -2.73. The lowest BCUT2D eigenvalue weighted by molar-refractivity contribution is -0.294. The zero-order chi connectivity index (χ0) is 22.6. The first-order valence-corrected chi connectivity index (χ1v) is 9.47. The molecule has 7 nitrogen and oxygen atoms in total. The van der Waals surface area contributed by atoms with E-state index in [2.05, 4.69) is 5.32 Å². The number of hydrogen-bond donors (Lipinski definition) is 3. The molecule has 10 heteroatoms. The number of aliphatic hydroxyl groups is 1. The molecule has 3 unspecified atom stereocenters. The molecule has 0 saturated carbocycles. The van der Waals surface area contributed by atoms with E-state index in [1.807, 2.05) is 30.3 Å². The van der Waals surface area contributed by atoms with Crippen molar-refractivity contribution in [3.05, 3.63) is 65.7 Å². The highest BCUT2D eigenvalue weighted by molar-refractivity contribution is 5.83. The van der Waals surface area contributed by atoms with Crippen LogP contribution in [-0.4, -0.2) is 35.6 Å². The van der Waals surface area contributed by atoms with Gasteiger partial charge < -0.3 is 25.2 Å². The Balaban J connectivity index is 1.87. The molecule has 1 saturated heterocycles. The molecular weight excluding hydrogens is 417 g/mol. The number of urea groups is 1. The summed E-state index contributed by atoms with van der Waals surface area (Å²) in [6, 6.07) is 12.4. The number of ether oxygens (including phenoxy) is 2. The topological polar surface area (TPSA) is 96.9 Å². The van der Waals surface area contributed by atoms with Gasteiger partial charge in [-0.2, -0.15) is 13.2 Å². The van der Waals surface area contributed by atoms with Gasteiger partial charge >= 0.3 is 18.2 Å². The molecule has 31 heavy (non-hydrogen) atoms. The van der Waals surface area contributed by atoms with Crippen LogP contribution in [0.15, 0.2) is 54.6 Å². The number of benzene rings is 2. The first-order chi connectivity index (χ1) is 14.7. The predicted octanol–water partition coefficient (Wildman–Crippen LogP) is 3.05. The first kappa shape index (κ1) is 22.4. The van der Waals surface area contributed by atoms with E-state index in [0.717, 1.165) is 5.56 Å². The van der Waals surface area contributed by atoms with Crippen LogP contribution in [0.1, 0.15) is 24.1 Å². The minimum absolute atomic E-state index is 0.169. The van der Waals surface area contributed by atoms with E-state index in [1.165, 1.54) is 36.5 Å². The molecular formula is C21H21F3N2O5. The second-order valence-corrected chi connectivity index (χ2v) is 6.91. The van der Waals surface area contributed by atoms with E-state index in [1.54, 1.807) is 0 Å². The third-order valence-corrected chi connectivity index (χ3v) is 4.83. The normalized spacial score (nSPS) is 23.5. The van der Waals surface area contributed by atoms with Crippen LogP contribution >= 0.6 is 0 Å². The molecule has 0 aliphatic carbocycles. The second kappa shape index (κ2) is 8.84. The monoisotopic (exact) mass is 438 g/mol. The van der Waals surface area contributed by atoms with Crippen molar-refractivity contribution in [1.29, 1.82) is 0 Å². The van der Waals surface area contributed by atoms with Crippen molar-refractivity contribution in [1.82, 2.24) is 10.6 Å². The number of amides is 2. The third-order valence-electron chi connectivity index (χ3n) is 4.83. The van der Waals surface area contributed by atoms with Crippen molar-refractivity contribution in [2.75, 3.05) is 6.61 Å². The Morgan fingerprint density at radius 3 is 2.35 bits per heavy atom. The van der Waals surface area contributed by atoms with Crippen molar-refractivity contribution in [3.63, 3.8) is 0 Å². The highest BCUT2D eigenvalue weighted by Gasteiger charge is 2.67. The molecule has 0 aromatic heterocycles. The molecule has 3 N–H and O–H groups in total. The average molecular weight is 438 g/mol. The van der Waals surface area contributed by atoms with Crippen LogP contribution < -0.4 is 15.4 Å². The number of halogens is 3. The van der Waals surface area contributed by atoms with Gasteiger partial charge in [-0.25, -0.2) is 4.79 Å². The molecule has 3 atom stereocenters. The molecule has 166 valence electrons. The summed E-state index contributed by atoms with van der Waals surface area (Å²) in [4.78, 5) is 24.3. The summed E-state index contributed by atoms with van der Waals surface area (Å²) in [5.41, 5.74) is -2.70. The number of nitrogens with one attached hydrogen (secondary N) is 2. The SMILES string of the molecule is CCOC(=O)C1C(c2ccc(OCc3ccccc3)cc2)NC(=O)NC1(O)C(F)(F)F. The van der Waals surface area contributed by atoms with Gasteiger partial charge in [-0.3, -0.25) is 4.79 Å². The highest BCUT2D eigenvalue weighted by atomic mass is 19.4.